The quantitative estimate of drug-likeness (QED) is 0.188. The van der Waals surface area contributed by atoms with Crippen LogP contribution >= 0.6 is 11.3 Å². The summed E-state index contributed by atoms with van der Waals surface area (Å²) in [6.07, 6.45) is 0. The summed E-state index contributed by atoms with van der Waals surface area (Å²) in [5.74, 6) is 0.932. The van der Waals surface area contributed by atoms with Crippen LogP contribution in [0, 0.1) is 6.92 Å². The summed E-state index contributed by atoms with van der Waals surface area (Å²) in [5, 5.41) is 16.8. The van der Waals surface area contributed by atoms with Crippen LogP contribution in [0.5, 0.6) is 5.75 Å². The molecule has 0 aliphatic carbocycles. The molecular formula is C31H29N3O4S. The van der Waals surface area contributed by atoms with Crippen molar-refractivity contribution < 1.29 is 19.2 Å². The minimum Gasteiger partial charge on any atom is -0.494 e. The third kappa shape index (κ3) is 6.02. The third-order valence-electron chi connectivity index (χ3n) is 6.52. The number of aryl methyl sites for hydroxylation is 1. The standard InChI is InChI=1S/C31H29N3O4S/c1-4-37-25-12-10-21(11-13-25)23-7-5-6-22(16-23)20(3)30-33-29(34-38-30)24-9-8-19(2)27(17-24)32-18-26-14-15-28(39-26)31(35)36/h5-17,20,32H,4,18H2,1-3H3,(H,35,36). The molecule has 0 spiro atoms. The van der Waals surface area contributed by atoms with Crippen LogP contribution in [0.25, 0.3) is 22.5 Å². The molecule has 1 unspecified atom stereocenters. The molecule has 3 aromatic carbocycles. The van der Waals surface area contributed by atoms with Gasteiger partial charge in [-0.3, -0.25) is 0 Å². The number of ether oxygens (including phenoxy) is 1. The van der Waals surface area contributed by atoms with E-state index in [1.54, 1.807) is 6.07 Å². The van der Waals surface area contributed by atoms with Gasteiger partial charge in [0.05, 0.1) is 12.5 Å². The molecule has 0 radical (unpaired) electrons. The molecule has 0 saturated heterocycles. The summed E-state index contributed by atoms with van der Waals surface area (Å²) in [7, 11) is 0. The number of aromatic carboxylic acids is 1. The summed E-state index contributed by atoms with van der Waals surface area (Å²) in [4.78, 5) is 17.2. The molecule has 0 fully saturated rings. The predicted octanol–water partition coefficient (Wildman–Crippen LogP) is 7.63. The number of carboxylic acids is 1. The van der Waals surface area contributed by atoms with Crippen molar-refractivity contribution in [1.82, 2.24) is 10.1 Å². The Morgan fingerprint density at radius 1 is 1.03 bits per heavy atom. The highest BCUT2D eigenvalue weighted by Crippen LogP contribution is 2.31. The lowest BCUT2D eigenvalue weighted by atomic mass is 9.96. The Hall–Kier alpha value is -4.43. The molecule has 1 atom stereocenters. The molecular weight excluding hydrogens is 510 g/mol. The summed E-state index contributed by atoms with van der Waals surface area (Å²) >= 11 is 1.27. The predicted molar refractivity (Wildman–Crippen MR) is 154 cm³/mol. The number of nitrogens with zero attached hydrogens (tertiary/aromatic N) is 2. The molecule has 2 heterocycles. The fourth-order valence-corrected chi connectivity index (χ4v) is 5.08. The summed E-state index contributed by atoms with van der Waals surface area (Å²) < 4.78 is 11.3. The monoisotopic (exact) mass is 539 g/mol. The second kappa shape index (κ2) is 11.5. The average molecular weight is 540 g/mol. The van der Waals surface area contributed by atoms with E-state index in [4.69, 9.17) is 19.4 Å². The van der Waals surface area contributed by atoms with Crippen LogP contribution in [0.15, 0.2) is 83.4 Å². The smallest absolute Gasteiger partial charge is 0.345 e. The van der Waals surface area contributed by atoms with Crippen molar-refractivity contribution in [2.75, 3.05) is 11.9 Å². The van der Waals surface area contributed by atoms with Crippen LogP contribution < -0.4 is 10.1 Å². The highest BCUT2D eigenvalue weighted by atomic mass is 32.1. The lowest BCUT2D eigenvalue weighted by molar-refractivity contribution is 0.0702. The molecule has 2 aromatic heterocycles. The first kappa shape index (κ1) is 26.2. The molecule has 0 aliphatic heterocycles. The number of carbonyl (C=O) groups is 1. The maximum atomic E-state index is 11.2. The van der Waals surface area contributed by atoms with E-state index in [1.165, 1.54) is 11.3 Å². The van der Waals surface area contributed by atoms with Crippen LogP contribution in [-0.2, 0) is 6.54 Å². The minimum absolute atomic E-state index is 0.0841. The van der Waals surface area contributed by atoms with Gasteiger partial charge in [0.15, 0.2) is 0 Å². The highest BCUT2D eigenvalue weighted by molar-refractivity contribution is 7.13. The van der Waals surface area contributed by atoms with Gasteiger partial charge >= 0.3 is 5.97 Å². The third-order valence-corrected chi connectivity index (χ3v) is 7.59. The normalized spacial score (nSPS) is 11.8. The van der Waals surface area contributed by atoms with Gasteiger partial charge in [-0.25, -0.2) is 4.79 Å². The SMILES string of the molecule is CCOc1ccc(-c2cccc(C(C)c3nc(-c4ccc(C)c(NCc5ccc(C(=O)O)s5)c4)no3)c2)cc1. The van der Waals surface area contributed by atoms with E-state index in [0.29, 0.717) is 29.7 Å². The van der Waals surface area contributed by atoms with Crippen molar-refractivity contribution in [1.29, 1.82) is 0 Å². The molecule has 0 bridgehead atoms. The van der Waals surface area contributed by atoms with E-state index >= 15 is 0 Å². The first-order valence-electron chi connectivity index (χ1n) is 12.7. The number of anilines is 1. The molecule has 8 heteroatoms. The van der Waals surface area contributed by atoms with Crippen LogP contribution in [0.4, 0.5) is 5.69 Å². The Balaban J connectivity index is 1.31. The number of hydrogen-bond acceptors (Lipinski definition) is 7. The van der Waals surface area contributed by atoms with E-state index in [-0.39, 0.29) is 5.92 Å². The summed E-state index contributed by atoms with van der Waals surface area (Å²) in [6.45, 7) is 7.22. The topological polar surface area (TPSA) is 97.5 Å². The fraction of sp³-hybridized carbons (Fsp3) is 0.194. The lowest BCUT2D eigenvalue weighted by Crippen LogP contribution is -2.00. The second-order valence-corrected chi connectivity index (χ2v) is 10.4. The van der Waals surface area contributed by atoms with Crippen LogP contribution in [0.3, 0.4) is 0 Å². The molecule has 0 amide bonds. The number of nitrogens with one attached hydrogen (secondary N) is 1. The Morgan fingerprint density at radius 2 is 1.82 bits per heavy atom. The van der Waals surface area contributed by atoms with Gasteiger partial charge in [-0.05, 0) is 73.4 Å². The van der Waals surface area contributed by atoms with Gasteiger partial charge in [0.25, 0.3) is 0 Å². The second-order valence-electron chi connectivity index (χ2n) is 9.22. The van der Waals surface area contributed by atoms with Gasteiger partial charge in [0, 0.05) is 22.7 Å². The van der Waals surface area contributed by atoms with E-state index in [0.717, 1.165) is 44.1 Å². The van der Waals surface area contributed by atoms with Crippen molar-refractivity contribution in [2.45, 2.75) is 33.2 Å². The van der Waals surface area contributed by atoms with Crippen molar-refractivity contribution in [3.8, 4) is 28.3 Å². The Labute approximate surface area is 231 Å². The van der Waals surface area contributed by atoms with Crippen molar-refractivity contribution >= 4 is 23.0 Å². The van der Waals surface area contributed by atoms with Gasteiger partial charge in [-0.1, -0.05) is 53.7 Å². The van der Waals surface area contributed by atoms with Crippen LogP contribution in [0.2, 0.25) is 0 Å². The number of aromatic nitrogens is 2. The van der Waals surface area contributed by atoms with Crippen molar-refractivity contribution in [3.05, 3.63) is 106 Å². The first-order valence-corrected chi connectivity index (χ1v) is 13.6. The molecule has 0 saturated carbocycles. The van der Waals surface area contributed by atoms with E-state index in [9.17, 15) is 4.79 Å². The largest absolute Gasteiger partial charge is 0.494 e. The van der Waals surface area contributed by atoms with Crippen LogP contribution in [0.1, 0.15) is 51.3 Å². The maximum Gasteiger partial charge on any atom is 0.345 e. The van der Waals surface area contributed by atoms with Crippen molar-refractivity contribution in [3.63, 3.8) is 0 Å². The van der Waals surface area contributed by atoms with E-state index in [2.05, 4.69) is 47.7 Å². The van der Waals surface area contributed by atoms with E-state index in [1.807, 2.05) is 56.3 Å². The molecule has 2 N–H and O–H groups in total. The number of thiophene rings is 1. The first-order chi connectivity index (χ1) is 18.9. The maximum absolute atomic E-state index is 11.2. The van der Waals surface area contributed by atoms with Gasteiger partial charge in [-0.15, -0.1) is 11.3 Å². The minimum atomic E-state index is -0.908. The highest BCUT2D eigenvalue weighted by Gasteiger charge is 2.18. The fourth-order valence-electron chi connectivity index (χ4n) is 4.29. The molecule has 5 aromatic rings. The molecule has 0 aliphatic rings. The Kier molecular flexibility index (Phi) is 7.74. The Morgan fingerprint density at radius 3 is 2.56 bits per heavy atom. The molecule has 5 rings (SSSR count). The zero-order chi connectivity index (χ0) is 27.4. The number of benzene rings is 3. The van der Waals surface area contributed by atoms with Gasteiger partial charge in [-0.2, -0.15) is 4.98 Å². The van der Waals surface area contributed by atoms with Crippen LogP contribution in [-0.4, -0.2) is 27.8 Å². The average Bonchev–Trinajstić information content (AvgIpc) is 3.64. The summed E-state index contributed by atoms with van der Waals surface area (Å²) in [5.41, 5.74) is 6.14. The number of hydrogen-bond donors (Lipinski definition) is 2. The van der Waals surface area contributed by atoms with Gasteiger partial charge in [0.2, 0.25) is 11.7 Å². The van der Waals surface area contributed by atoms with Gasteiger partial charge < -0.3 is 19.7 Å². The number of rotatable bonds is 10. The number of carboxylic acid groups (broad SMARTS) is 1. The summed E-state index contributed by atoms with van der Waals surface area (Å²) in [6, 6.07) is 25.9. The lowest BCUT2D eigenvalue weighted by Gasteiger charge is -2.10. The molecule has 39 heavy (non-hydrogen) atoms. The van der Waals surface area contributed by atoms with Gasteiger partial charge in [0.1, 0.15) is 10.6 Å². The molecule has 7 nitrogen and oxygen atoms in total. The Bertz CT molecular complexity index is 1590. The van der Waals surface area contributed by atoms with Crippen molar-refractivity contribution in [2.24, 2.45) is 0 Å². The molecule has 198 valence electrons. The zero-order valence-electron chi connectivity index (χ0n) is 22.0. The van der Waals surface area contributed by atoms with E-state index < -0.39 is 5.97 Å². The zero-order valence-corrected chi connectivity index (χ0v) is 22.8.